The molecule has 7 nitrogen and oxygen atoms in total. The Morgan fingerprint density at radius 3 is 2.32 bits per heavy atom. The number of nitro benzene ring substituents is 1. The predicted molar refractivity (Wildman–Crippen MR) is 97.5 cm³/mol. The normalized spacial score (nSPS) is 20.8. The minimum atomic E-state index is -2.95. The molecule has 1 unspecified atom stereocenters. The van der Waals surface area contributed by atoms with E-state index in [0.717, 1.165) is 43.4 Å². The van der Waals surface area contributed by atoms with E-state index in [-0.39, 0.29) is 10.6 Å². The Kier molecular flexibility index (Phi) is 5.11. The van der Waals surface area contributed by atoms with E-state index >= 15 is 0 Å². The minimum Gasteiger partial charge on any atom is -0.298 e. The Morgan fingerprint density at radius 2 is 1.88 bits per heavy atom. The molecule has 136 valence electrons. The highest BCUT2D eigenvalue weighted by molar-refractivity contribution is 7.54. The van der Waals surface area contributed by atoms with Gasteiger partial charge < -0.3 is 0 Å². The molecule has 1 aromatic carbocycles. The molecule has 25 heavy (non-hydrogen) atoms. The van der Waals surface area contributed by atoms with Crippen molar-refractivity contribution in [2.75, 3.05) is 26.2 Å². The lowest BCUT2D eigenvalue weighted by Gasteiger charge is -2.24. The number of rotatable bonds is 7. The van der Waals surface area contributed by atoms with Crippen molar-refractivity contribution < 1.29 is 14.0 Å². The summed E-state index contributed by atoms with van der Waals surface area (Å²) < 4.78 is 23.0. The zero-order chi connectivity index (χ0) is 18.2. The van der Waals surface area contributed by atoms with Gasteiger partial charge in [0.15, 0.2) is 0 Å². The number of hydrogen-bond acceptors (Lipinski definition) is 4. The molecule has 0 radical (unpaired) electrons. The standard InChI is InChI=1S/C17H24N3O4P/c1-4-6-16-14(5-2)17(20(21)22)8-7-15(16)13(3)24-25(23,18-9-10-18)19-11-12-19/h5-8,13H,4,9-12H2,1-3H3/b14-5+,16-6+. The monoisotopic (exact) mass is 365 g/mol. The lowest BCUT2D eigenvalue weighted by Crippen LogP contribution is -2.32. The van der Waals surface area contributed by atoms with Crippen molar-refractivity contribution in [3.8, 4) is 0 Å². The lowest BCUT2D eigenvalue weighted by atomic mass is 10.0. The molecular formula is C17H24N3O4P. The largest absolute Gasteiger partial charge is 0.346 e. The van der Waals surface area contributed by atoms with E-state index in [2.05, 4.69) is 0 Å². The fourth-order valence-electron chi connectivity index (χ4n) is 3.06. The van der Waals surface area contributed by atoms with Crippen molar-refractivity contribution >= 4 is 25.5 Å². The first-order chi connectivity index (χ1) is 11.9. The maximum Gasteiger partial charge on any atom is 0.346 e. The topological polar surface area (TPSA) is 75.5 Å². The molecule has 0 aromatic heterocycles. The van der Waals surface area contributed by atoms with E-state index < -0.39 is 13.8 Å². The van der Waals surface area contributed by atoms with E-state index in [4.69, 9.17) is 4.52 Å². The molecule has 0 amide bonds. The second-order valence-electron chi connectivity index (χ2n) is 6.30. The van der Waals surface area contributed by atoms with Crippen molar-refractivity contribution in [3.63, 3.8) is 0 Å². The predicted octanol–water partition coefficient (Wildman–Crippen LogP) is 2.40. The van der Waals surface area contributed by atoms with Crippen molar-refractivity contribution in [2.45, 2.75) is 33.3 Å². The summed E-state index contributed by atoms with van der Waals surface area (Å²) in [6.07, 6.45) is 4.06. The molecule has 2 aliphatic heterocycles. The van der Waals surface area contributed by atoms with Gasteiger partial charge in [-0.25, -0.2) is 9.34 Å². The van der Waals surface area contributed by atoms with E-state index in [1.54, 1.807) is 19.1 Å². The first kappa shape index (κ1) is 18.3. The molecule has 0 saturated carbocycles. The van der Waals surface area contributed by atoms with Crippen LogP contribution in [0.5, 0.6) is 0 Å². The highest BCUT2D eigenvalue weighted by atomic mass is 31.2. The van der Waals surface area contributed by atoms with Gasteiger partial charge in [0, 0.05) is 32.2 Å². The Balaban J connectivity index is 2.03. The third kappa shape index (κ3) is 3.55. The molecule has 0 N–H and O–H groups in total. The number of hydrogen-bond donors (Lipinski definition) is 0. The van der Waals surface area contributed by atoms with Gasteiger partial charge in [-0.05, 0) is 37.1 Å². The third-order valence-corrected chi connectivity index (χ3v) is 7.31. The third-order valence-electron chi connectivity index (χ3n) is 4.49. The molecule has 1 atom stereocenters. The first-order valence-corrected chi connectivity index (χ1v) is 10.2. The molecular weight excluding hydrogens is 341 g/mol. The average Bonchev–Trinajstić information content (AvgIpc) is 3.46. The molecule has 0 spiro atoms. The van der Waals surface area contributed by atoms with Gasteiger partial charge in [0.1, 0.15) is 0 Å². The van der Waals surface area contributed by atoms with E-state index in [0.29, 0.717) is 5.22 Å². The summed E-state index contributed by atoms with van der Waals surface area (Å²) in [7, 11) is -2.95. The van der Waals surface area contributed by atoms with Crippen LogP contribution in [0.15, 0.2) is 12.1 Å². The summed E-state index contributed by atoms with van der Waals surface area (Å²) in [5.41, 5.74) is 0.919. The summed E-state index contributed by atoms with van der Waals surface area (Å²) in [4.78, 5) is 11.0. The molecule has 0 bridgehead atoms. The van der Waals surface area contributed by atoms with Crippen LogP contribution in [0.1, 0.15) is 38.9 Å². The Labute approximate surface area is 147 Å². The Hall–Kier alpha value is -1.53. The van der Waals surface area contributed by atoms with Gasteiger partial charge in [0.05, 0.1) is 16.2 Å². The van der Waals surface area contributed by atoms with Crippen LogP contribution < -0.4 is 10.4 Å². The van der Waals surface area contributed by atoms with Crippen molar-refractivity contribution in [3.05, 3.63) is 38.2 Å². The Morgan fingerprint density at radius 1 is 1.28 bits per heavy atom. The molecule has 8 heteroatoms. The van der Waals surface area contributed by atoms with Crippen LogP contribution in [0.3, 0.4) is 0 Å². The number of benzene rings is 1. The van der Waals surface area contributed by atoms with Crippen LogP contribution in [-0.2, 0) is 9.09 Å². The summed E-state index contributed by atoms with van der Waals surface area (Å²) in [6.45, 7) is 8.83. The molecule has 1 aromatic rings. The first-order valence-electron chi connectivity index (χ1n) is 8.65. The van der Waals surface area contributed by atoms with Gasteiger partial charge in [0.25, 0.3) is 5.69 Å². The van der Waals surface area contributed by atoms with Crippen LogP contribution in [0.2, 0.25) is 0 Å². The van der Waals surface area contributed by atoms with Gasteiger partial charge >= 0.3 is 7.67 Å². The lowest BCUT2D eigenvalue weighted by molar-refractivity contribution is -0.386. The Bertz CT molecular complexity index is 830. The quantitative estimate of drug-likeness (QED) is 0.320. The molecule has 3 rings (SSSR count). The summed E-state index contributed by atoms with van der Waals surface area (Å²) >= 11 is 0. The SMILES string of the molecule is C/C=c1/c([N+](=O)[O-])ccc(C(C)OP(=O)(N2CC2)N2CC2)/c1=C/CC. The maximum atomic E-state index is 13.2. The molecule has 2 aliphatic rings. The molecule has 2 fully saturated rings. The molecule has 2 saturated heterocycles. The van der Waals surface area contributed by atoms with Crippen molar-refractivity contribution in [1.29, 1.82) is 0 Å². The van der Waals surface area contributed by atoms with Crippen molar-refractivity contribution in [2.24, 2.45) is 0 Å². The van der Waals surface area contributed by atoms with Gasteiger partial charge in [-0.3, -0.25) is 19.2 Å². The molecule has 0 aliphatic carbocycles. The van der Waals surface area contributed by atoms with Crippen LogP contribution in [0.25, 0.3) is 12.2 Å². The maximum absolute atomic E-state index is 13.2. The second-order valence-corrected chi connectivity index (χ2v) is 8.63. The van der Waals surface area contributed by atoms with Gasteiger partial charge in [-0.2, -0.15) is 0 Å². The fraction of sp³-hybridized carbons (Fsp3) is 0.529. The average molecular weight is 365 g/mol. The van der Waals surface area contributed by atoms with Gasteiger partial charge in [-0.1, -0.05) is 19.1 Å². The number of nitro groups is 1. The van der Waals surface area contributed by atoms with Crippen LogP contribution in [0, 0.1) is 10.1 Å². The summed E-state index contributed by atoms with van der Waals surface area (Å²) in [6, 6.07) is 3.24. The van der Waals surface area contributed by atoms with E-state index in [9.17, 15) is 14.7 Å². The minimum absolute atomic E-state index is 0.0817. The summed E-state index contributed by atoms with van der Waals surface area (Å²) in [5, 5.41) is 12.7. The zero-order valence-electron chi connectivity index (χ0n) is 14.8. The van der Waals surface area contributed by atoms with Crippen LogP contribution in [0.4, 0.5) is 5.69 Å². The van der Waals surface area contributed by atoms with E-state index in [1.165, 1.54) is 6.07 Å². The van der Waals surface area contributed by atoms with E-state index in [1.807, 2.05) is 29.3 Å². The van der Waals surface area contributed by atoms with Crippen LogP contribution in [-0.4, -0.2) is 40.4 Å². The number of non-ortho nitro benzene ring substituents is 1. The smallest absolute Gasteiger partial charge is 0.298 e. The van der Waals surface area contributed by atoms with Gasteiger partial charge in [0.2, 0.25) is 0 Å². The highest BCUT2D eigenvalue weighted by Crippen LogP contribution is 2.62. The highest BCUT2D eigenvalue weighted by Gasteiger charge is 2.50. The van der Waals surface area contributed by atoms with Crippen molar-refractivity contribution in [1.82, 2.24) is 9.34 Å². The number of nitrogens with zero attached hydrogens (tertiary/aromatic N) is 3. The molecule has 2 heterocycles. The zero-order valence-corrected chi connectivity index (χ0v) is 15.7. The van der Waals surface area contributed by atoms with Crippen LogP contribution >= 0.6 is 7.67 Å². The second kappa shape index (κ2) is 7.00. The fourth-order valence-corrected chi connectivity index (χ4v) is 5.40. The van der Waals surface area contributed by atoms with Gasteiger partial charge in [-0.15, -0.1) is 0 Å². The summed E-state index contributed by atoms with van der Waals surface area (Å²) in [5.74, 6) is 0.